The Hall–Kier alpha value is -2.11. The zero-order valence-electron chi connectivity index (χ0n) is 14.5. The Kier molecular flexibility index (Phi) is 6.79. The Morgan fingerprint density at radius 2 is 2.00 bits per heavy atom. The van der Waals surface area contributed by atoms with Gasteiger partial charge < -0.3 is 14.4 Å². The second kappa shape index (κ2) is 8.83. The molecule has 0 saturated carbocycles. The van der Waals surface area contributed by atoms with Crippen LogP contribution in [0.3, 0.4) is 0 Å². The molecule has 0 bridgehead atoms. The highest BCUT2D eigenvalue weighted by molar-refractivity contribution is 6.31. The number of benzene rings is 2. The first-order chi connectivity index (χ1) is 12.0. The topological polar surface area (TPSA) is 38.8 Å². The van der Waals surface area contributed by atoms with Crippen LogP contribution in [0.25, 0.3) is 0 Å². The summed E-state index contributed by atoms with van der Waals surface area (Å²) in [5.74, 6) is -0.166. The highest BCUT2D eigenvalue weighted by Gasteiger charge is 2.25. The highest BCUT2D eigenvalue weighted by atomic mass is 35.5. The lowest BCUT2D eigenvalue weighted by Gasteiger charge is -2.29. The van der Waals surface area contributed by atoms with Gasteiger partial charge in [-0.1, -0.05) is 23.7 Å². The van der Waals surface area contributed by atoms with Gasteiger partial charge in [0.25, 0.3) is 5.91 Å². The average molecular weight is 366 g/mol. The maximum Gasteiger partial charge on any atom is 0.258 e. The maximum atomic E-state index is 13.5. The van der Waals surface area contributed by atoms with E-state index in [-0.39, 0.29) is 24.3 Å². The van der Waals surface area contributed by atoms with Crippen molar-refractivity contribution in [3.8, 4) is 5.75 Å². The molecule has 4 nitrogen and oxygen atoms in total. The molecule has 134 valence electrons. The second-order valence-corrected chi connectivity index (χ2v) is 6.15. The molecular formula is C19H21ClFNO3. The van der Waals surface area contributed by atoms with Crippen LogP contribution in [0, 0.1) is 5.82 Å². The quantitative estimate of drug-likeness (QED) is 0.739. The van der Waals surface area contributed by atoms with Crippen LogP contribution >= 0.6 is 11.6 Å². The molecule has 0 aliphatic heterocycles. The summed E-state index contributed by atoms with van der Waals surface area (Å²) in [7, 11) is 3.07. The molecule has 1 unspecified atom stereocenters. The average Bonchev–Trinajstić information content (AvgIpc) is 2.59. The van der Waals surface area contributed by atoms with Gasteiger partial charge in [-0.25, -0.2) is 4.39 Å². The molecule has 1 atom stereocenters. The molecule has 0 aliphatic carbocycles. The molecule has 0 aromatic heterocycles. The van der Waals surface area contributed by atoms with Gasteiger partial charge >= 0.3 is 0 Å². The van der Waals surface area contributed by atoms with Gasteiger partial charge in [-0.3, -0.25) is 4.79 Å². The summed E-state index contributed by atoms with van der Waals surface area (Å²) >= 11 is 6.04. The SMILES string of the molecule is COCC(C)N(Cc1cccc(F)c1)C(=O)c1cc(Cl)ccc1OC. The number of carbonyl (C=O) groups excluding carboxylic acids is 1. The normalized spacial score (nSPS) is 11.9. The number of nitrogens with zero attached hydrogens (tertiary/aromatic N) is 1. The van der Waals surface area contributed by atoms with Gasteiger partial charge in [0.15, 0.2) is 0 Å². The van der Waals surface area contributed by atoms with Crippen molar-refractivity contribution in [3.63, 3.8) is 0 Å². The molecule has 0 spiro atoms. The smallest absolute Gasteiger partial charge is 0.258 e. The van der Waals surface area contributed by atoms with Crippen LogP contribution in [-0.2, 0) is 11.3 Å². The molecule has 2 aromatic rings. The summed E-state index contributed by atoms with van der Waals surface area (Å²) in [6, 6.07) is 10.8. The molecule has 0 aliphatic rings. The monoisotopic (exact) mass is 365 g/mol. The lowest BCUT2D eigenvalue weighted by molar-refractivity contribution is 0.0539. The van der Waals surface area contributed by atoms with Crippen molar-refractivity contribution in [2.45, 2.75) is 19.5 Å². The van der Waals surface area contributed by atoms with Crippen LogP contribution in [0.15, 0.2) is 42.5 Å². The zero-order chi connectivity index (χ0) is 18.4. The third kappa shape index (κ3) is 4.94. The van der Waals surface area contributed by atoms with Crippen molar-refractivity contribution in [1.82, 2.24) is 4.90 Å². The van der Waals surface area contributed by atoms with E-state index >= 15 is 0 Å². The predicted octanol–water partition coefficient (Wildman–Crippen LogP) is 4.17. The van der Waals surface area contributed by atoms with Crippen LogP contribution < -0.4 is 4.74 Å². The fraction of sp³-hybridized carbons (Fsp3) is 0.316. The number of hydrogen-bond acceptors (Lipinski definition) is 3. The van der Waals surface area contributed by atoms with E-state index in [0.717, 1.165) is 0 Å². The van der Waals surface area contributed by atoms with Crippen molar-refractivity contribution in [3.05, 3.63) is 64.4 Å². The van der Waals surface area contributed by atoms with Crippen molar-refractivity contribution in [2.24, 2.45) is 0 Å². The van der Waals surface area contributed by atoms with Crippen LogP contribution in [0.1, 0.15) is 22.8 Å². The molecule has 25 heavy (non-hydrogen) atoms. The number of ether oxygens (including phenoxy) is 2. The van der Waals surface area contributed by atoms with E-state index in [1.165, 1.54) is 19.2 Å². The van der Waals surface area contributed by atoms with Gasteiger partial charge in [0, 0.05) is 18.7 Å². The third-order valence-corrected chi connectivity index (χ3v) is 4.07. The second-order valence-electron chi connectivity index (χ2n) is 5.71. The molecular weight excluding hydrogens is 345 g/mol. The first-order valence-corrected chi connectivity index (χ1v) is 8.22. The van der Waals surface area contributed by atoms with E-state index in [0.29, 0.717) is 28.5 Å². The van der Waals surface area contributed by atoms with Crippen LogP contribution in [0.5, 0.6) is 5.75 Å². The van der Waals surface area contributed by atoms with E-state index in [2.05, 4.69) is 0 Å². The van der Waals surface area contributed by atoms with Gasteiger partial charge in [0.05, 0.1) is 25.3 Å². The summed E-state index contributed by atoms with van der Waals surface area (Å²) in [5, 5.41) is 0.439. The van der Waals surface area contributed by atoms with Crippen molar-refractivity contribution < 1.29 is 18.7 Å². The molecule has 0 fully saturated rings. The van der Waals surface area contributed by atoms with Crippen molar-refractivity contribution in [1.29, 1.82) is 0 Å². The predicted molar refractivity (Wildman–Crippen MR) is 95.6 cm³/mol. The van der Waals surface area contributed by atoms with Gasteiger partial charge in [-0.05, 0) is 42.8 Å². The minimum absolute atomic E-state index is 0.218. The van der Waals surface area contributed by atoms with E-state index < -0.39 is 0 Å². The van der Waals surface area contributed by atoms with E-state index in [1.54, 1.807) is 42.3 Å². The lowest BCUT2D eigenvalue weighted by atomic mass is 10.1. The van der Waals surface area contributed by atoms with E-state index in [1.807, 2.05) is 6.92 Å². The van der Waals surface area contributed by atoms with Crippen molar-refractivity contribution >= 4 is 17.5 Å². The molecule has 2 rings (SSSR count). The summed E-state index contributed by atoms with van der Waals surface area (Å²) in [6.07, 6.45) is 0. The molecule has 0 radical (unpaired) electrons. The number of rotatable bonds is 7. The minimum Gasteiger partial charge on any atom is -0.496 e. The number of hydrogen-bond donors (Lipinski definition) is 0. The highest BCUT2D eigenvalue weighted by Crippen LogP contribution is 2.25. The Morgan fingerprint density at radius 1 is 1.24 bits per heavy atom. The lowest BCUT2D eigenvalue weighted by Crippen LogP contribution is -2.40. The fourth-order valence-corrected chi connectivity index (χ4v) is 2.77. The maximum absolute atomic E-state index is 13.5. The first kappa shape index (κ1) is 19.2. The molecule has 1 amide bonds. The molecule has 2 aromatic carbocycles. The number of halogens is 2. The van der Waals surface area contributed by atoms with Gasteiger partial charge in [-0.2, -0.15) is 0 Å². The van der Waals surface area contributed by atoms with Gasteiger partial charge in [0.1, 0.15) is 11.6 Å². The Labute approximate surface area is 152 Å². The van der Waals surface area contributed by atoms with Gasteiger partial charge in [0.2, 0.25) is 0 Å². The van der Waals surface area contributed by atoms with E-state index in [4.69, 9.17) is 21.1 Å². The summed E-state index contributed by atoms with van der Waals surface area (Å²) in [6.45, 7) is 2.47. The number of methoxy groups -OCH3 is 2. The number of amides is 1. The summed E-state index contributed by atoms with van der Waals surface area (Å²) in [5.41, 5.74) is 1.05. The zero-order valence-corrected chi connectivity index (χ0v) is 15.2. The van der Waals surface area contributed by atoms with Crippen molar-refractivity contribution in [2.75, 3.05) is 20.8 Å². The fourth-order valence-electron chi connectivity index (χ4n) is 2.59. The Bertz CT molecular complexity index is 738. The third-order valence-electron chi connectivity index (χ3n) is 3.83. The van der Waals surface area contributed by atoms with Crippen LogP contribution in [-0.4, -0.2) is 37.7 Å². The standard InChI is InChI=1S/C19H21ClFNO3/c1-13(12-24-2)22(11-14-5-4-6-16(21)9-14)19(23)17-10-15(20)7-8-18(17)25-3/h4-10,13H,11-12H2,1-3H3. The minimum atomic E-state index is -0.343. The molecule has 0 saturated heterocycles. The summed E-state index contributed by atoms with van der Waals surface area (Å²) < 4.78 is 24.0. The Morgan fingerprint density at radius 3 is 2.64 bits per heavy atom. The molecule has 0 heterocycles. The molecule has 0 N–H and O–H groups in total. The van der Waals surface area contributed by atoms with E-state index in [9.17, 15) is 9.18 Å². The first-order valence-electron chi connectivity index (χ1n) is 7.84. The van der Waals surface area contributed by atoms with Crippen LogP contribution in [0.4, 0.5) is 4.39 Å². The summed E-state index contributed by atoms with van der Waals surface area (Å²) in [4.78, 5) is 14.7. The van der Waals surface area contributed by atoms with Crippen LogP contribution in [0.2, 0.25) is 5.02 Å². The largest absolute Gasteiger partial charge is 0.496 e. The molecule has 6 heteroatoms. The van der Waals surface area contributed by atoms with Gasteiger partial charge in [-0.15, -0.1) is 0 Å². The Balaban J connectivity index is 2.37. The number of carbonyl (C=O) groups is 1.